The number of rotatable bonds is 5. The van der Waals surface area contributed by atoms with Crippen LogP contribution < -0.4 is 5.32 Å². The highest BCUT2D eigenvalue weighted by Gasteiger charge is 2.34. The normalized spacial score (nSPS) is 16.0. The standard InChI is InChI=1S/C27H23FN4OS/c1-17-8-6-9-19(14-17)16-32-18(2)23(24(29-27(32)34)21-12-7-13-22(28)15-21)26-30-25(31-33-26)20-10-4-3-5-11-20/h3-15,24H,16H2,1-2H3,(H,29,34). The second kappa shape index (κ2) is 9.19. The van der Waals surface area contributed by atoms with E-state index < -0.39 is 6.04 Å². The van der Waals surface area contributed by atoms with Crippen LogP contribution >= 0.6 is 12.2 Å². The molecule has 170 valence electrons. The molecule has 0 saturated heterocycles. The Morgan fingerprint density at radius 1 is 1.00 bits per heavy atom. The van der Waals surface area contributed by atoms with E-state index in [1.807, 2.05) is 54.3 Å². The second-order valence-corrected chi connectivity index (χ2v) is 8.69. The molecule has 5 rings (SSSR count). The van der Waals surface area contributed by atoms with Crippen LogP contribution in [0.3, 0.4) is 0 Å². The van der Waals surface area contributed by atoms with Crippen molar-refractivity contribution in [2.45, 2.75) is 26.4 Å². The Bertz CT molecular complexity index is 1380. The van der Waals surface area contributed by atoms with E-state index in [9.17, 15) is 4.39 Å². The van der Waals surface area contributed by atoms with Gasteiger partial charge >= 0.3 is 0 Å². The molecular weight excluding hydrogens is 447 g/mol. The Morgan fingerprint density at radius 2 is 1.79 bits per heavy atom. The van der Waals surface area contributed by atoms with E-state index in [1.54, 1.807) is 6.07 Å². The van der Waals surface area contributed by atoms with E-state index >= 15 is 0 Å². The average molecular weight is 471 g/mol. The summed E-state index contributed by atoms with van der Waals surface area (Å²) in [4.78, 5) is 6.71. The van der Waals surface area contributed by atoms with Crippen LogP contribution in [0, 0.1) is 12.7 Å². The van der Waals surface area contributed by atoms with Crippen LogP contribution in [0.25, 0.3) is 17.0 Å². The van der Waals surface area contributed by atoms with Crippen molar-refractivity contribution in [2.24, 2.45) is 0 Å². The lowest BCUT2D eigenvalue weighted by Crippen LogP contribution is -2.45. The van der Waals surface area contributed by atoms with E-state index in [-0.39, 0.29) is 5.82 Å². The summed E-state index contributed by atoms with van der Waals surface area (Å²) in [6.07, 6.45) is 0. The van der Waals surface area contributed by atoms with Crippen LogP contribution in [0.15, 0.2) is 89.1 Å². The summed E-state index contributed by atoms with van der Waals surface area (Å²) in [6.45, 7) is 4.63. The molecule has 4 aromatic rings. The number of halogens is 1. The maximum absolute atomic E-state index is 14.1. The molecule has 1 atom stereocenters. The van der Waals surface area contributed by atoms with Gasteiger partial charge in [0.15, 0.2) is 5.11 Å². The number of thiocarbonyl (C=S) groups is 1. The number of hydrogen-bond acceptors (Lipinski definition) is 4. The first-order valence-electron chi connectivity index (χ1n) is 11.0. The van der Waals surface area contributed by atoms with Crippen LogP contribution in [-0.4, -0.2) is 20.2 Å². The zero-order valence-corrected chi connectivity index (χ0v) is 19.6. The zero-order chi connectivity index (χ0) is 23.7. The fourth-order valence-corrected chi connectivity index (χ4v) is 4.53. The molecule has 0 spiro atoms. The van der Waals surface area contributed by atoms with Gasteiger partial charge in [0.1, 0.15) is 5.82 Å². The molecule has 0 fully saturated rings. The van der Waals surface area contributed by atoms with Gasteiger partial charge in [0.25, 0.3) is 5.89 Å². The van der Waals surface area contributed by atoms with Crippen molar-refractivity contribution in [3.8, 4) is 11.4 Å². The summed E-state index contributed by atoms with van der Waals surface area (Å²) in [6, 6.07) is 24.0. The number of aryl methyl sites for hydroxylation is 1. The lowest BCUT2D eigenvalue weighted by atomic mass is 9.94. The maximum atomic E-state index is 14.1. The molecule has 1 unspecified atom stereocenters. The molecule has 1 aliphatic rings. The molecule has 0 saturated carbocycles. The predicted octanol–water partition coefficient (Wildman–Crippen LogP) is 6.05. The molecule has 0 bridgehead atoms. The lowest BCUT2D eigenvalue weighted by Gasteiger charge is -2.37. The van der Waals surface area contributed by atoms with Crippen molar-refractivity contribution in [3.05, 3.63) is 113 Å². The highest BCUT2D eigenvalue weighted by molar-refractivity contribution is 7.80. The summed E-state index contributed by atoms with van der Waals surface area (Å²) in [5.74, 6) is 0.544. The molecule has 1 N–H and O–H groups in total. The third-order valence-electron chi connectivity index (χ3n) is 5.89. The molecule has 7 heteroatoms. The van der Waals surface area contributed by atoms with E-state index in [0.29, 0.717) is 23.4 Å². The first-order chi connectivity index (χ1) is 16.5. The number of benzene rings is 3. The topological polar surface area (TPSA) is 54.2 Å². The second-order valence-electron chi connectivity index (χ2n) is 8.30. The molecule has 1 aliphatic heterocycles. The highest BCUT2D eigenvalue weighted by atomic mass is 32.1. The quantitative estimate of drug-likeness (QED) is 0.359. The average Bonchev–Trinajstić information content (AvgIpc) is 3.32. The Balaban J connectivity index is 1.61. The van der Waals surface area contributed by atoms with E-state index in [2.05, 4.69) is 35.6 Å². The summed E-state index contributed by atoms with van der Waals surface area (Å²) in [5, 5.41) is 8.14. The van der Waals surface area contributed by atoms with Crippen LogP contribution in [0.1, 0.15) is 35.5 Å². The van der Waals surface area contributed by atoms with Gasteiger partial charge in [-0.3, -0.25) is 0 Å². The molecule has 34 heavy (non-hydrogen) atoms. The van der Waals surface area contributed by atoms with Gasteiger partial charge in [0.05, 0.1) is 11.6 Å². The van der Waals surface area contributed by atoms with Crippen molar-refractivity contribution < 1.29 is 8.91 Å². The van der Waals surface area contributed by atoms with Crippen molar-refractivity contribution in [3.63, 3.8) is 0 Å². The van der Waals surface area contributed by atoms with Crippen molar-refractivity contribution in [1.29, 1.82) is 0 Å². The van der Waals surface area contributed by atoms with Gasteiger partial charge in [-0.25, -0.2) is 4.39 Å². The minimum Gasteiger partial charge on any atom is -0.351 e. The monoisotopic (exact) mass is 470 g/mol. The minimum atomic E-state index is -0.430. The number of aromatic nitrogens is 2. The van der Waals surface area contributed by atoms with E-state index in [1.165, 1.54) is 17.7 Å². The Labute approximate surface area is 202 Å². The lowest BCUT2D eigenvalue weighted by molar-refractivity contribution is 0.396. The van der Waals surface area contributed by atoms with Crippen LogP contribution in [0.4, 0.5) is 4.39 Å². The van der Waals surface area contributed by atoms with E-state index in [4.69, 9.17) is 21.7 Å². The number of nitrogens with one attached hydrogen (secondary N) is 1. The predicted molar refractivity (Wildman–Crippen MR) is 134 cm³/mol. The smallest absolute Gasteiger partial charge is 0.258 e. The number of nitrogens with zero attached hydrogens (tertiary/aromatic N) is 3. The summed E-state index contributed by atoms with van der Waals surface area (Å²) < 4.78 is 19.9. The Hall–Kier alpha value is -3.84. The Morgan fingerprint density at radius 3 is 2.56 bits per heavy atom. The summed E-state index contributed by atoms with van der Waals surface area (Å²) in [7, 11) is 0. The highest BCUT2D eigenvalue weighted by Crippen LogP contribution is 2.38. The van der Waals surface area contributed by atoms with Gasteiger partial charge in [0, 0.05) is 17.8 Å². The largest absolute Gasteiger partial charge is 0.351 e. The SMILES string of the molecule is CC1=C(c2nc(-c3ccccc3)no2)C(c2cccc(F)c2)NC(=S)N1Cc1cccc(C)c1. The van der Waals surface area contributed by atoms with Crippen LogP contribution in [-0.2, 0) is 6.54 Å². The maximum Gasteiger partial charge on any atom is 0.258 e. The molecular formula is C27H23FN4OS. The molecule has 0 amide bonds. The van der Waals surface area contributed by atoms with Crippen molar-refractivity contribution in [2.75, 3.05) is 0 Å². The van der Waals surface area contributed by atoms with Gasteiger partial charge in [-0.2, -0.15) is 4.98 Å². The van der Waals surface area contributed by atoms with Crippen molar-refractivity contribution in [1.82, 2.24) is 20.4 Å². The van der Waals surface area contributed by atoms with Gasteiger partial charge in [-0.1, -0.05) is 77.5 Å². The molecule has 0 radical (unpaired) electrons. The number of hydrogen-bond donors (Lipinski definition) is 1. The van der Waals surface area contributed by atoms with Gasteiger partial charge in [-0.15, -0.1) is 0 Å². The molecule has 3 aromatic carbocycles. The molecule has 2 heterocycles. The van der Waals surface area contributed by atoms with E-state index in [0.717, 1.165) is 28.0 Å². The third kappa shape index (κ3) is 4.34. The fourth-order valence-electron chi connectivity index (χ4n) is 4.22. The Kier molecular flexibility index (Phi) is 5.94. The van der Waals surface area contributed by atoms with Gasteiger partial charge in [0.2, 0.25) is 5.82 Å². The van der Waals surface area contributed by atoms with Crippen LogP contribution in [0.2, 0.25) is 0 Å². The van der Waals surface area contributed by atoms with Gasteiger partial charge in [-0.05, 0) is 49.3 Å². The minimum absolute atomic E-state index is 0.320. The third-order valence-corrected chi connectivity index (χ3v) is 6.23. The molecule has 0 aliphatic carbocycles. The summed E-state index contributed by atoms with van der Waals surface area (Å²) >= 11 is 5.75. The van der Waals surface area contributed by atoms with Crippen molar-refractivity contribution >= 4 is 22.9 Å². The van der Waals surface area contributed by atoms with Crippen LogP contribution in [0.5, 0.6) is 0 Å². The summed E-state index contributed by atoms with van der Waals surface area (Å²) in [5.41, 5.74) is 5.53. The fraction of sp³-hybridized carbons (Fsp3) is 0.148. The molecule has 1 aromatic heterocycles. The zero-order valence-electron chi connectivity index (χ0n) is 18.8. The first-order valence-corrected chi connectivity index (χ1v) is 11.4. The molecule has 5 nitrogen and oxygen atoms in total. The first kappa shape index (κ1) is 22.0. The van der Waals surface area contributed by atoms with Gasteiger partial charge < -0.3 is 14.7 Å². The number of allylic oxidation sites excluding steroid dienone is 1.